The number of ketones is 1. The molecule has 0 radical (unpaired) electrons. The van der Waals surface area contributed by atoms with Gasteiger partial charge in [-0.15, -0.1) is 0 Å². The molecule has 0 saturated carbocycles. The molecule has 0 saturated heterocycles. The predicted molar refractivity (Wildman–Crippen MR) is 104 cm³/mol. The molecule has 136 valence electrons. The Kier molecular flexibility index (Phi) is 5.78. The van der Waals surface area contributed by atoms with Crippen molar-refractivity contribution >= 4 is 34.8 Å². The van der Waals surface area contributed by atoms with Gasteiger partial charge in [-0.05, 0) is 42.8 Å². The van der Waals surface area contributed by atoms with Crippen molar-refractivity contribution in [1.82, 2.24) is 15.3 Å². The predicted octanol–water partition coefficient (Wildman–Crippen LogP) is 4.01. The molecule has 0 aliphatic carbocycles. The monoisotopic (exact) mass is 380 g/mol. The average molecular weight is 381 g/mol. The summed E-state index contributed by atoms with van der Waals surface area (Å²) >= 11 is 6.07. The van der Waals surface area contributed by atoms with E-state index in [1.165, 1.54) is 19.3 Å². The highest BCUT2D eigenvalue weighted by Crippen LogP contribution is 2.16. The lowest BCUT2D eigenvalue weighted by Gasteiger charge is -2.08. The number of benzene rings is 2. The van der Waals surface area contributed by atoms with E-state index in [1.807, 2.05) is 18.2 Å². The number of amides is 1. The van der Waals surface area contributed by atoms with Crippen LogP contribution in [0.1, 0.15) is 33.3 Å². The van der Waals surface area contributed by atoms with Gasteiger partial charge in [-0.1, -0.05) is 29.8 Å². The number of aromatic nitrogens is 2. The van der Waals surface area contributed by atoms with Crippen molar-refractivity contribution in [3.05, 3.63) is 82.8 Å². The molecule has 2 N–H and O–H groups in total. The molecule has 3 aromatic rings. The van der Waals surface area contributed by atoms with Crippen LogP contribution < -0.4 is 10.6 Å². The molecular weight excluding hydrogens is 364 g/mol. The first kappa shape index (κ1) is 18.5. The summed E-state index contributed by atoms with van der Waals surface area (Å²) in [5.41, 5.74) is 2.44. The molecule has 1 aromatic heterocycles. The minimum Gasteiger partial charge on any atom is -0.347 e. The van der Waals surface area contributed by atoms with Gasteiger partial charge in [-0.2, -0.15) is 0 Å². The van der Waals surface area contributed by atoms with Gasteiger partial charge in [0.25, 0.3) is 5.91 Å². The highest BCUT2D eigenvalue weighted by atomic mass is 35.5. The van der Waals surface area contributed by atoms with Gasteiger partial charge in [-0.25, -0.2) is 9.97 Å². The van der Waals surface area contributed by atoms with Crippen LogP contribution in [-0.4, -0.2) is 21.7 Å². The molecule has 0 aliphatic heterocycles. The van der Waals surface area contributed by atoms with Crippen molar-refractivity contribution in [2.45, 2.75) is 13.5 Å². The van der Waals surface area contributed by atoms with Crippen LogP contribution in [0.15, 0.2) is 60.9 Å². The normalized spacial score (nSPS) is 10.3. The third kappa shape index (κ3) is 4.89. The Labute approximate surface area is 161 Å². The van der Waals surface area contributed by atoms with E-state index >= 15 is 0 Å². The summed E-state index contributed by atoms with van der Waals surface area (Å²) in [6, 6.07) is 14.3. The molecule has 6 nitrogen and oxygen atoms in total. The zero-order chi connectivity index (χ0) is 19.2. The third-order valence-corrected chi connectivity index (χ3v) is 4.21. The van der Waals surface area contributed by atoms with Crippen LogP contribution in [0.2, 0.25) is 5.02 Å². The standard InChI is InChI=1S/C20H17ClN4O2/c1-13(26)14-6-8-16(9-7-14)25-19-12-22-18(11-23-19)20(27)24-10-15-4-2-3-5-17(15)21/h2-9,11-12H,10H2,1H3,(H,23,25)(H,24,27). The Hall–Kier alpha value is -3.25. The average Bonchev–Trinajstić information content (AvgIpc) is 2.68. The van der Waals surface area contributed by atoms with E-state index in [0.29, 0.717) is 22.9 Å². The maximum atomic E-state index is 12.2. The highest BCUT2D eigenvalue weighted by Gasteiger charge is 2.09. The molecule has 3 rings (SSSR count). The Morgan fingerprint density at radius 2 is 1.74 bits per heavy atom. The number of carbonyl (C=O) groups excluding carboxylic acids is 2. The number of anilines is 2. The van der Waals surface area contributed by atoms with E-state index in [1.54, 1.807) is 30.3 Å². The van der Waals surface area contributed by atoms with E-state index in [-0.39, 0.29) is 17.4 Å². The number of halogens is 1. The number of hydrogen-bond acceptors (Lipinski definition) is 5. The molecule has 0 atom stereocenters. The number of hydrogen-bond donors (Lipinski definition) is 2. The Morgan fingerprint density at radius 3 is 2.37 bits per heavy atom. The molecule has 1 heterocycles. The van der Waals surface area contributed by atoms with E-state index in [9.17, 15) is 9.59 Å². The van der Waals surface area contributed by atoms with Gasteiger partial charge in [0.1, 0.15) is 11.5 Å². The van der Waals surface area contributed by atoms with Crippen molar-refractivity contribution in [2.24, 2.45) is 0 Å². The number of Topliss-reactive ketones (excluding diaryl/α,β-unsaturated/α-hetero) is 1. The molecule has 0 unspecified atom stereocenters. The van der Waals surface area contributed by atoms with Crippen LogP contribution in [0.3, 0.4) is 0 Å². The Balaban J connectivity index is 1.60. The molecule has 1 amide bonds. The molecule has 0 fully saturated rings. The van der Waals surface area contributed by atoms with Crippen molar-refractivity contribution in [1.29, 1.82) is 0 Å². The van der Waals surface area contributed by atoms with Gasteiger partial charge in [-0.3, -0.25) is 9.59 Å². The van der Waals surface area contributed by atoms with Gasteiger partial charge in [0, 0.05) is 22.8 Å². The Morgan fingerprint density at radius 1 is 1.00 bits per heavy atom. The summed E-state index contributed by atoms with van der Waals surface area (Å²) in [4.78, 5) is 31.8. The molecule has 7 heteroatoms. The third-order valence-electron chi connectivity index (χ3n) is 3.85. The first-order valence-electron chi connectivity index (χ1n) is 8.24. The van der Waals surface area contributed by atoms with Crippen LogP contribution in [0.4, 0.5) is 11.5 Å². The number of rotatable bonds is 6. The minimum atomic E-state index is -0.334. The molecule has 27 heavy (non-hydrogen) atoms. The summed E-state index contributed by atoms with van der Waals surface area (Å²) in [6.45, 7) is 1.83. The lowest BCUT2D eigenvalue weighted by molar-refractivity contribution is 0.0944. The summed E-state index contributed by atoms with van der Waals surface area (Å²) in [6.07, 6.45) is 2.87. The summed E-state index contributed by atoms with van der Waals surface area (Å²) in [5, 5.41) is 6.43. The fraction of sp³-hybridized carbons (Fsp3) is 0.100. The second-order valence-corrected chi connectivity index (χ2v) is 6.23. The first-order valence-corrected chi connectivity index (χ1v) is 8.62. The summed E-state index contributed by atoms with van der Waals surface area (Å²) in [7, 11) is 0. The lowest BCUT2D eigenvalue weighted by atomic mass is 10.1. The lowest BCUT2D eigenvalue weighted by Crippen LogP contribution is -2.24. The van der Waals surface area contributed by atoms with E-state index in [2.05, 4.69) is 20.6 Å². The van der Waals surface area contributed by atoms with Crippen LogP contribution in [-0.2, 0) is 6.54 Å². The molecule has 0 spiro atoms. The van der Waals surface area contributed by atoms with E-state index in [4.69, 9.17) is 11.6 Å². The topological polar surface area (TPSA) is 84.0 Å². The minimum absolute atomic E-state index is 0.00787. The molecule has 0 aliphatic rings. The fourth-order valence-electron chi connectivity index (χ4n) is 2.35. The van der Waals surface area contributed by atoms with Crippen molar-refractivity contribution in [2.75, 3.05) is 5.32 Å². The zero-order valence-corrected chi connectivity index (χ0v) is 15.3. The maximum Gasteiger partial charge on any atom is 0.271 e. The first-order chi connectivity index (χ1) is 13.0. The second kappa shape index (κ2) is 8.42. The van der Waals surface area contributed by atoms with Crippen LogP contribution in [0, 0.1) is 0 Å². The number of nitrogens with one attached hydrogen (secondary N) is 2. The smallest absolute Gasteiger partial charge is 0.271 e. The van der Waals surface area contributed by atoms with Gasteiger partial charge >= 0.3 is 0 Å². The van der Waals surface area contributed by atoms with Crippen LogP contribution in [0.25, 0.3) is 0 Å². The van der Waals surface area contributed by atoms with Gasteiger partial charge in [0.05, 0.1) is 12.4 Å². The fourth-order valence-corrected chi connectivity index (χ4v) is 2.56. The Bertz CT molecular complexity index is 956. The maximum absolute atomic E-state index is 12.2. The number of nitrogens with zero attached hydrogens (tertiary/aromatic N) is 2. The largest absolute Gasteiger partial charge is 0.347 e. The van der Waals surface area contributed by atoms with E-state index in [0.717, 1.165) is 11.3 Å². The van der Waals surface area contributed by atoms with Crippen molar-refractivity contribution < 1.29 is 9.59 Å². The molecular formula is C20H17ClN4O2. The van der Waals surface area contributed by atoms with Crippen molar-refractivity contribution in [3.63, 3.8) is 0 Å². The SMILES string of the molecule is CC(=O)c1ccc(Nc2cnc(C(=O)NCc3ccccc3Cl)cn2)cc1. The molecule has 0 bridgehead atoms. The van der Waals surface area contributed by atoms with Crippen LogP contribution in [0.5, 0.6) is 0 Å². The number of carbonyl (C=O) groups is 2. The van der Waals surface area contributed by atoms with Gasteiger partial charge < -0.3 is 10.6 Å². The van der Waals surface area contributed by atoms with Crippen molar-refractivity contribution in [3.8, 4) is 0 Å². The van der Waals surface area contributed by atoms with Gasteiger partial charge in [0.15, 0.2) is 5.78 Å². The second-order valence-electron chi connectivity index (χ2n) is 5.82. The summed E-state index contributed by atoms with van der Waals surface area (Å²) < 4.78 is 0. The highest BCUT2D eigenvalue weighted by molar-refractivity contribution is 6.31. The van der Waals surface area contributed by atoms with Gasteiger partial charge in [0.2, 0.25) is 0 Å². The zero-order valence-electron chi connectivity index (χ0n) is 14.6. The van der Waals surface area contributed by atoms with E-state index < -0.39 is 0 Å². The van der Waals surface area contributed by atoms with Crippen LogP contribution >= 0.6 is 11.6 Å². The molecule has 2 aromatic carbocycles. The summed E-state index contributed by atoms with van der Waals surface area (Å²) in [5.74, 6) is 0.168. The quantitative estimate of drug-likeness (QED) is 0.631.